The van der Waals surface area contributed by atoms with Gasteiger partial charge >= 0.3 is 0 Å². The van der Waals surface area contributed by atoms with Gasteiger partial charge in [-0.15, -0.1) is 0 Å². The van der Waals surface area contributed by atoms with Crippen molar-refractivity contribution in [3.63, 3.8) is 0 Å². The Balaban J connectivity index is 1.75. The number of nitrogens with two attached hydrogens (primary N) is 1. The molecule has 3 heteroatoms. The Hall–Kier alpha value is -0.570. The molecule has 0 aromatic carbocycles. The van der Waals surface area contributed by atoms with Crippen LogP contribution in [0.2, 0.25) is 0 Å². The third-order valence-electron chi connectivity index (χ3n) is 3.78. The summed E-state index contributed by atoms with van der Waals surface area (Å²) in [7, 11) is 0. The van der Waals surface area contributed by atoms with Gasteiger partial charge in [-0.2, -0.15) is 0 Å². The van der Waals surface area contributed by atoms with Gasteiger partial charge in [0.2, 0.25) is 5.91 Å². The minimum Gasteiger partial charge on any atom is -0.342 e. The molecule has 1 aliphatic heterocycles. The molecule has 2 atom stereocenters. The summed E-state index contributed by atoms with van der Waals surface area (Å²) < 4.78 is 0. The summed E-state index contributed by atoms with van der Waals surface area (Å²) in [6, 6.07) is 0.158. The van der Waals surface area contributed by atoms with E-state index in [2.05, 4.69) is 6.92 Å². The number of nitrogens with zero attached hydrogens (tertiary/aromatic N) is 1. The van der Waals surface area contributed by atoms with Crippen LogP contribution >= 0.6 is 0 Å². The molecule has 0 bridgehead atoms. The molecular formula is C12H22N2O. The van der Waals surface area contributed by atoms with Crippen molar-refractivity contribution in [1.82, 2.24) is 4.90 Å². The van der Waals surface area contributed by atoms with Gasteiger partial charge in [0.15, 0.2) is 0 Å². The smallest absolute Gasteiger partial charge is 0.227 e. The van der Waals surface area contributed by atoms with Crippen LogP contribution in [0.3, 0.4) is 0 Å². The van der Waals surface area contributed by atoms with E-state index >= 15 is 0 Å². The lowest BCUT2D eigenvalue weighted by Crippen LogP contribution is -2.40. The van der Waals surface area contributed by atoms with Crippen molar-refractivity contribution < 1.29 is 4.79 Å². The van der Waals surface area contributed by atoms with Crippen molar-refractivity contribution in [2.75, 3.05) is 13.1 Å². The number of hydrogen-bond acceptors (Lipinski definition) is 2. The number of carbonyl (C=O) groups excluding carboxylic acids is 1. The molecule has 0 radical (unpaired) electrons. The molecule has 1 saturated carbocycles. The topological polar surface area (TPSA) is 46.3 Å². The molecule has 2 fully saturated rings. The Morgan fingerprint density at radius 2 is 2.00 bits per heavy atom. The number of rotatable bonds is 3. The predicted octanol–water partition coefficient (Wildman–Crippen LogP) is 1.37. The first kappa shape index (κ1) is 10.9. The van der Waals surface area contributed by atoms with E-state index in [1.807, 2.05) is 4.90 Å². The molecule has 1 heterocycles. The molecule has 1 aliphatic carbocycles. The summed E-state index contributed by atoms with van der Waals surface area (Å²) in [6.07, 6.45) is 5.90. The molecule has 86 valence electrons. The van der Waals surface area contributed by atoms with Crippen LogP contribution in [-0.4, -0.2) is 29.9 Å². The highest BCUT2D eigenvalue weighted by atomic mass is 16.2. The second kappa shape index (κ2) is 4.52. The summed E-state index contributed by atoms with van der Waals surface area (Å²) >= 11 is 0. The molecule has 0 spiro atoms. The van der Waals surface area contributed by atoms with E-state index in [-0.39, 0.29) is 12.0 Å². The molecule has 0 aromatic rings. The monoisotopic (exact) mass is 210 g/mol. The molecule has 15 heavy (non-hydrogen) atoms. The first-order valence-corrected chi connectivity index (χ1v) is 6.26. The summed E-state index contributed by atoms with van der Waals surface area (Å²) in [4.78, 5) is 13.9. The van der Waals surface area contributed by atoms with Gasteiger partial charge in [-0.1, -0.05) is 19.8 Å². The Kier molecular flexibility index (Phi) is 3.29. The number of hydrogen-bond donors (Lipinski definition) is 1. The van der Waals surface area contributed by atoms with Gasteiger partial charge in [0, 0.05) is 19.1 Å². The summed E-state index contributed by atoms with van der Waals surface area (Å²) in [5.41, 5.74) is 5.70. The Labute approximate surface area is 92.0 Å². The lowest BCUT2D eigenvalue weighted by Gasteiger charge is -2.32. The van der Waals surface area contributed by atoms with E-state index in [1.165, 1.54) is 25.7 Å². The molecule has 2 aliphatic rings. The first-order chi connectivity index (χ1) is 7.22. The maximum Gasteiger partial charge on any atom is 0.227 e. The molecule has 2 N–H and O–H groups in total. The molecule has 1 amide bonds. The normalized spacial score (nSPS) is 31.7. The Morgan fingerprint density at radius 1 is 1.40 bits per heavy atom. The summed E-state index contributed by atoms with van der Waals surface area (Å²) in [5.74, 6) is 1.33. The van der Waals surface area contributed by atoms with Crippen LogP contribution in [-0.2, 0) is 4.79 Å². The lowest BCUT2D eigenvalue weighted by molar-refractivity contribution is -0.134. The minimum absolute atomic E-state index is 0.158. The number of piperidine rings is 1. The quantitative estimate of drug-likeness (QED) is 0.764. The SMILES string of the molecule is CCCC1CCN(C(=O)C2CC2N)CC1. The maximum atomic E-state index is 11.9. The summed E-state index contributed by atoms with van der Waals surface area (Å²) in [6.45, 7) is 4.17. The van der Waals surface area contributed by atoms with Crippen molar-refractivity contribution in [3.8, 4) is 0 Å². The zero-order valence-corrected chi connectivity index (χ0v) is 9.61. The largest absolute Gasteiger partial charge is 0.342 e. The molecule has 2 rings (SSSR count). The van der Waals surface area contributed by atoms with Crippen LogP contribution in [0.25, 0.3) is 0 Å². The number of carbonyl (C=O) groups is 1. The standard InChI is InChI=1S/C12H22N2O/c1-2-3-9-4-6-14(7-5-9)12(15)10-8-11(10)13/h9-11H,2-8,13H2,1H3. The van der Waals surface area contributed by atoms with Crippen molar-refractivity contribution in [3.05, 3.63) is 0 Å². The lowest BCUT2D eigenvalue weighted by atomic mass is 9.92. The minimum atomic E-state index is 0.158. The third kappa shape index (κ3) is 2.51. The number of likely N-dealkylation sites (tertiary alicyclic amines) is 1. The highest BCUT2D eigenvalue weighted by Crippen LogP contribution is 2.32. The Bertz CT molecular complexity index is 234. The van der Waals surface area contributed by atoms with Crippen LogP contribution in [0.1, 0.15) is 39.0 Å². The number of amides is 1. The van der Waals surface area contributed by atoms with E-state index < -0.39 is 0 Å². The first-order valence-electron chi connectivity index (χ1n) is 6.26. The predicted molar refractivity (Wildman–Crippen MR) is 60.3 cm³/mol. The van der Waals surface area contributed by atoms with Crippen LogP contribution in [0.4, 0.5) is 0 Å². The highest BCUT2D eigenvalue weighted by molar-refractivity contribution is 5.82. The molecular weight excluding hydrogens is 188 g/mol. The zero-order chi connectivity index (χ0) is 10.8. The van der Waals surface area contributed by atoms with E-state index in [0.29, 0.717) is 5.91 Å². The Morgan fingerprint density at radius 3 is 2.47 bits per heavy atom. The van der Waals surface area contributed by atoms with Gasteiger partial charge in [0.05, 0.1) is 5.92 Å². The van der Waals surface area contributed by atoms with Gasteiger partial charge in [0.1, 0.15) is 0 Å². The molecule has 1 saturated heterocycles. The average Bonchev–Trinajstić information content (AvgIpc) is 2.96. The zero-order valence-electron chi connectivity index (χ0n) is 9.61. The van der Waals surface area contributed by atoms with Crippen molar-refractivity contribution in [2.24, 2.45) is 17.6 Å². The fourth-order valence-electron chi connectivity index (χ4n) is 2.58. The molecule has 3 nitrogen and oxygen atoms in total. The van der Waals surface area contributed by atoms with Gasteiger partial charge in [-0.25, -0.2) is 0 Å². The third-order valence-corrected chi connectivity index (χ3v) is 3.78. The average molecular weight is 210 g/mol. The van der Waals surface area contributed by atoms with Gasteiger partial charge in [-0.3, -0.25) is 4.79 Å². The van der Waals surface area contributed by atoms with Gasteiger partial charge in [0.25, 0.3) is 0 Å². The van der Waals surface area contributed by atoms with Crippen LogP contribution < -0.4 is 5.73 Å². The summed E-state index contributed by atoms with van der Waals surface area (Å²) in [5, 5.41) is 0. The second-order valence-corrected chi connectivity index (χ2v) is 5.06. The van der Waals surface area contributed by atoms with Crippen LogP contribution in [0.15, 0.2) is 0 Å². The van der Waals surface area contributed by atoms with E-state index in [9.17, 15) is 4.79 Å². The molecule has 2 unspecified atom stereocenters. The molecule has 0 aromatic heterocycles. The highest BCUT2D eigenvalue weighted by Gasteiger charge is 2.42. The fourth-order valence-corrected chi connectivity index (χ4v) is 2.58. The van der Waals surface area contributed by atoms with Crippen molar-refractivity contribution in [1.29, 1.82) is 0 Å². The van der Waals surface area contributed by atoms with E-state index in [4.69, 9.17) is 5.73 Å². The van der Waals surface area contributed by atoms with Gasteiger partial charge in [-0.05, 0) is 25.2 Å². The van der Waals surface area contributed by atoms with Crippen LogP contribution in [0.5, 0.6) is 0 Å². The van der Waals surface area contributed by atoms with Crippen molar-refractivity contribution in [2.45, 2.75) is 45.1 Å². The maximum absolute atomic E-state index is 11.9. The second-order valence-electron chi connectivity index (χ2n) is 5.06. The fraction of sp³-hybridized carbons (Fsp3) is 0.917. The van der Waals surface area contributed by atoms with Crippen LogP contribution in [0, 0.1) is 11.8 Å². The van der Waals surface area contributed by atoms with Gasteiger partial charge < -0.3 is 10.6 Å². The van der Waals surface area contributed by atoms with Crippen molar-refractivity contribution >= 4 is 5.91 Å². The van der Waals surface area contributed by atoms with E-state index in [0.717, 1.165) is 25.4 Å². The van der Waals surface area contributed by atoms with E-state index in [1.54, 1.807) is 0 Å².